The Morgan fingerprint density at radius 1 is 0.955 bits per heavy atom. The normalized spacial score (nSPS) is 9.95. The summed E-state index contributed by atoms with van der Waals surface area (Å²) in [5.74, 6) is 0.723. The van der Waals surface area contributed by atoms with E-state index in [9.17, 15) is 9.59 Å². The van der Waals surface area contributed by atoms with Gasteiger partial charge in [0, 0.05) is 17.3 Å². The molecular weight excluding hydrogens is 282 g/mol. The summed E-state index contributed by atoms with van der Waals surface area (Å²) < 4.78 is 10.3. The smallest absolute Gasteiger partial charge is 0.259 e. The van der Waals surface area contributed by atoms with Crippen LogP contribution < -0.4 is 14.8 Å². The lowest BCUT2D eigenvalue weighted by Crippen LogP contribution is -2.13. The van der Waals surface area contributed by atoms with Crippen molar-refractivity contribution in [3.8, 4) is 11.5 Å². The van der Waals surface area contributed by atoms with Crippen LogP contribution in [-0.4, -0.2) is 25.9 Å². The highest BCUT2D eigenvalue weighted by atomic mass is 16.5. The van der Waals surface area contributed by atoms with Crippen molar-refractivity contribution in [3.63, 3.8) is 0 Å². The molecule has 0 bridgehead atoms. The van der Waals surface area contributed by atoms with Gasteiger partial charge in [0.15, 0.2) is 5.78 Å². The van der Waals surface area contributed by atoms with Crippen molar-refractivity contribution in [1.82, 2.24) is 0 Å². The molecule has 2 aromatic carbocycles. The number of ketones is 1. The van der Waals surface area contributed by atoms with Crippen molar-refractivity contribution >= 4 is 17.4 Å². The van der Waals surface area contributed by atoms with Crippen LogP contribution in [0.2, 0.25) is 0 Å². The van der Waals surface area contributed by atoms with Gasteiger partial charge in [0.1, 0.15) is 11.5 Å². The minimum absolute atomic E-state index is 0.0188. The molecule has 0 aromatic heterocycles. The molecule has 0 unspecified atom stereocenters. The number of rotatable bonds is 5. The lowest BCUT2D eigenvalue weighted by molar-refractivity contribution is 0.101. The van der Waals surface area contributed by atoms with Crippen LogP contribution in [0.5, 0.6) is 11.5 Å². The lowest BCUT2D eigenvalue weighted by atomic mass is 10.1. The minimum Gasteiger partial charge on any atom is -0.497 e. The number of amides is 1. The summed E-state index contributed by atoms with van der Waals surface area (Å²) in [5.41, 5.74) is 1.60. The van der Waals surface area contributed by atoms with E-state index in [4.69, 9.17) is 9.47 Å². The predicted molar refractivity (Wildman–Crippen MR) is 83.9 cm³/mol. The van der Waals surface area contributed by atoms with Gasteiger partial charge in [0.25, 0.3) is 5.91 Å². The Balaban J connectivity index is 2.20. The summed E-state index contributed by atoms with van der Waals surface area (Å²) in [6.07, 6.45) is 0. The maximum atomic E-state index is 12.3. The maximum absolute atomic E-state index is 12.3. The molecule has 5 heteroatoms. The number of ether oxygens (including phenoxy) is 2. The van der Waals surface area contributed by atoms with Crippen molar-refractivity contribution < 1.29 is 19.1 Å². The molecule has 114 valence electrons. The molecule has 0 atom stereocenters. The number of Topliss-reactive ketones (excluding diaryl/α,β-unsaturated/α-hetero) is 1. The minimum atomic E-state index is -0.296. The highest BCUT2D eigenvalue weighted by Crippen LogP contribution is 2.25. The molecule has 0 spiro atoms. The average molecular weight is 299 g/mol. The van der Waals surface area contributed by atoms with Crippen molar-refractivity contribution in [2.75, 3.05) is 19.5 Å². The zero-order valence-electron chi connectivity index (χ0n) is 12.7. The lowest BCUT2D eigenvalue weighted by Gasteiger charge is -2.11. The van der Waals surface area contributed by atoms with E-state index in [-0.39, 0.29) is 11.7 Å². The van der Waals surface area contributed by atoms with Gasteiger partial charge in [0.2, 0.25) is 0 Å². The fraction of sp³-hybridized carbons (Fsp3) is 0.176. The number of anilines is 1. The molecule has 5 nitrogen and oxygen atoms in total. The molecule has 0 aliphatic heterocycles. The van der Waals surface area contributed by atoms with Crippen molar-refractivity contribution in [2.45, 2.75) is 6.92 Å². The highest BCUT2D eigenvalue weighted by Gasteiger charge is 2.13. The number of carbonyl (C=O) groups is 2. The van der Waals surface area contributed by atoms with Crippen molar-refractivity contribution in [1.29, 1.82) is 0 Å². The van der Waals surface area contributed by atoms with Gasteiger partial charge >= 0.3 is 0 Å². The fourth-order valence-corrected chi connectivity index (χ4v) is 1.97. The van der Waals surface area contributed by atoms with Crippen LogP contribution >= 0.6 is 0 Å². The Kier molecular flexibility index (Phi) is 4.78. The Hall–Kier alpha value is -2.82. The summed E-state index contributed by atoms with van der Waals surface area (Å²) >= 11 is 0. The molecule has 0 fully saturated rings. The van der Waals surface area contributed by atoms with E-state index in [0.717, 1.165) is 0 Å². The molecule has 0 radical (unpaired) electrons. The van der Waals surface area contributed by atoms with Crippen LogP contribution in [0.4, 0.5) is 5.69 Å². The zero-order chi connectivity index (χ0) is 16.1. The van der Waals surface area contributed by atoms with Crippen LogP contribution in [0.15, 0.2) is 42.5 Å². The first-order valence-electron chi connectivity index (χ1n) is 6.69. The van der Waals surface area contributed by atoms with Gasteiger partial charge in [-0.05, 0) is 43.3 Å². The van der Waals surface area contributed by atoms with Crippen molar-refractivity contribution in [2.24, 2.45) is 0 Å². The standard InChI is InChI=1S/C17H17NO4/c1-11(19)12-4-6-13(7-5-12)18-17(20)15-9-8-14(21-2)10-16(15)22-3/h4-10H,1-3H3,(H,18,20). The van der Waals surface area contributed by atoms with Crippen LogP contribution in [0.3, 0.4) is 0 Å². The van der Waals surface area contributed by atoms with E-state index >= 15 is 0 Å². The summed E-state index contributed by atoms with van der Waals surface area (Å²) in [4.78, 5) is 23.5. The summed E-state index contributed by atoms with van der Waals surface area (Å²) in [6, 6.07) is 11.7. The number of methoxy groups -OCH3 is 2. The van der Waals surface area contributed by atoms with Gasteiger partial charge in [0.05, 0.1) is 19.8 Å². The zero-order valence-corrected chi connectivity index (χ0v) is 12.7. The van der Waals surface area contributed by atoms with Gasteiger partial charge in [-0.3, -0.25) is 9.59 Å². The molecule has 2 aromatic rings. The first kappa shape index (κ1) is 15.6. The van der Waals surface area contributed by atoms with Gasteiger partial charge in [-0.1, -0.05) is 0 Å². The third-order valence-electron chi connectivity index (χ3n) is 3.20. The first-order chi connectivity index (χ1) is 10.5. The Morgan fingerprint density at radius 2 is 1.64 bits per heavy atom. The van der Waals surface area contributed by atoms with Gasteiger partial charge in [-0.25, -0.2) is 0 Å². The second kappa shape index (κ2) is 6.76. The SMILES string of the molecule is COc1ccc(C(=O)Nc2ccc(C(C)=O)cc2)c(OC)c1. The van der Waals surface area contributed by atoms with Crippen LogP contribution in [0, 0.1) is 0 Å². The largest absolute Gasteiger partial charge is 0.497 e. The Labute approximate surface area is 128 Å². The van der Waals surface area contributed by atoms with Gasteiger partial charge < -0.3 is 14.8 Å². The first-order valence-corrected chi connectivity index (χ1v) is 6.69. The summed E-state index contributed by atoms with van der Waals surface area (Å²) in [7, 11) is 3.04. The third kappa shape index (κ3) is 3.44. The van der Waals surface area contributed by atoms with E-state index in [0.29, 0.717) is 28.3 Å². The maximum Gasteiger partial charge on any atom is 0.259 e. The van der Waals surface area contributed by atoms with E-state index in [2.05, 4.69) is 5.32 Å². The molecule has 0 saturated carbocycles. The predicted octanol–water partition coefficient (Wildman–Crippen LogP) is 3.16. The van der Waals surface area contributed by atoms with E-state index < -0.39 is 0 Å². The summed E-state index contributed by atoms with van der Waals surface area (Å²) in [6.45, 7) is 1.50. The fourth-order valence-electron chi connectivity index (χ4n) is 1.97. The van der Waals surface area contributed by atoms with Crippen LogP contribution in [0.1, 0.15) is 27.6 Å². The topological polar surface area (TPSA) is 64.6 Å². The number of carbonyl (C=O) groups excluding carboxylic acids is 2. The molecule has 0 saturated heterocycles. The molecule has 1 amide bonds. The van der Waals surface area contributed by atoms with Crippen LogP contribution in [0.25, 0.3) is 0 Å². The van der Waals surface area contributed by atoms with E-state index in [1.54, 1.807) is 49.6 Å². The molecule has 0 heterocycles. The number of hydrogen-bond acceptors (Lipinski definition) is 4. The van der Waals surface area contributed by atoms with Gasteiger partial charge in [-0.15, -0.1) is 0 Å². The average Bonchev–Trinajstić information content (AvgIpc) is 2.54. The monoisotopic (exact) mass is 299 g/mol. The molecule has 1 N–H and O–H groups in total. The van der Waals surface area contributed by atoms with E-state index in [1.165, 1.54) is 14.0 Å². The molecule has 2 rings (SSSR count). The quantitative estimate of drug-likeness (QED) is 0.861. The second-order valence-electron chi connectivity index (χ2n) is 4.65. The number of benzene rings is 2. The second-order valence-corrected chi connectivity index (χ2v) is 4.65. The molecule has 22 heavy (non-hydrogen) atoms. The highest BCUT2D eigenvalue weighted by molar-refractivity contribution is 6.06. The summed E-state index contributed by atoms with van der Waals surface area (Å²) in [5, 5.41) is 2.77. The Morgan fingerprint density at radius 3 is 2.18 bits per heavy atom. The van der Waals surface area contributed by atoms with Crippen LogP contribution in [-0.2, 0) is 0 Å². The van der Waals surface area contributed by atoms with Crippen molar-refractivity contribution in [3.05, 3.63) is 53.6 Å². The van der Waals surface area contributed by atoms with Gasteiger partial charge in [-0.2, -0.15) is 0 Å². The Bertz CT molecular complexity index is 692. The number of nitrogens with one attached hydrogen (secondary N) is 1. The third-order valence-corrected chi connectivity index (χ3v) is 3.20. The molecule has 0 aliphatic carbocycles. The number of hydrogen-bond donors (Lipinski definition) is 1. The molecule has 0 aliphatic rings. The molecular formula is C17H17NO4. The van der Waals surface area contributed by atoms with E-state index in [1.807, 2.05) is 0 Å².